The molecule has 3 N–H and O–H groups in total. The van der Waals surface area contributed by atoms with Gasteiger partial charge in [0.15, 0.2) is 0 Å². The Morgan fingerprint density at radius 3 is 2.57 bits per heavy atom. The number of aromatic nitrogens is 2. The standard InChI is InChI=1S/C13H15F3N4O/c14-13(15,16)9-21-8-11(19-17)12-6-7-18-20(12)10-4-2-1-3-5-10/h1-7,11,19H,8-9,17H2. The summed E-state index contributed by atoms with van der Waals surface area (Å²) in [7, 11) is 0. The Kier molecular flexibility index (Phi) is 4.94. The van der Waals surface area contributed by atoms with Gasteiger partial charge in [0.25, 0.3) is 0 Å². The Balaban J connectivity index is 2.11. The second-order valence-electron chi connectivity index (χ2n) is 4.35. The summed E-state index contributed by atoms with van der Waals surface area (Å²) in [6.45, 7) is -1.53. The minimum atomic E-state index is -4.36. The van der Waals surface area contributed by atoms with E-state index in [1.165, 1.54) is 0 Å². The highest BCUT2D eigenvalue weighted by molar-refractivity contribution is 5.33. The maximum absolute atomic E-state index is 12.1. The van der Waals surface area contributed by atoms with Crippen LogP contribution in [-0.4, -0.2) is 29.2 Å². The summed E-state index contributed by atoms with van der Waals surface area (Å²) in [4.78, 5) is 0. The third-order valence-electron chi connectivity index (χ3n) is 2.78. The number of rotatable bonds is 6. The molecule has 8 heteroatoms. The lowest BCUT2D eigenvalue weighted by Crippen LogP contribution is -2.34. The van der Waals surface area contributed by atoms with Gasteiger partial charge in [-0.15, -0.1) is 0 Å². The van der Waals surface area contributed by atoms with Crippen molar-refractivity contribution < 1.29 is 17.9 Å². The lowest BCUT2D eigenvalue weighted by atomic mass is 10.2. The fourth-order valence-electron chi connectivity index (χ4n) is 1.87. The molecular formula is C13H15F3N4O. The highest BCUT2D eigenvalue weighted by Gasteiger charge is 2.28. The fourth-order valence-corrected chi connectivity index (χ4v) is 1.87. The van der Waals surface area contributed by atoms with Crippen LogP contribution in [0.25, 0.3) is 5.69 Å². The van der Waals surface area contributed by atoms with E-state index < -0.39 is 18.8 Å². The van der Waals surface area contributed by atoms with Gasteiger partial charge in [-0.2, -0.15) is 18.3 Å². The summed E-state index contributed by atoms with van der Waals surface area (Å²) >= 11 is 0. The molecule has 0 aliphatic carbocycles. The Hall–Kier alpha value is -1.90. The molecule has 0 saturated carbocycles. The van der Waals surface area contributed by atoms with Crippen LogP contribution in [0, 0.1) is 0 Å². The predicted molar refractivity (Wildman–Crippen MR) is 70.5 cm³/mol. The normalized spacial score (nSPS) is 13.3. The molecule has 0 amide bonds. The van der Waals surface area contributed by atoms with E-state index in [2.05, 4.69) is 15.3 Å². The summed E-state index contributed by atoms with van der Waals surface area (Å²) in [6, 6.07) is 10.3. The van der Waals surface area contributed by atoms with Crippen molar-refractivity contribution in [2.45, 2.75) is 12.2 Å². The number of nitrogens with zero attached hydrogens (tertiary/aromatic N) is 2. The average Bonchev–Trinajstić information content (AvgIpc) is 2.92. The van der Waals surface area contributed by atoms with Gasteiger partial charge in [0.1, 0.15) is 6.61 Å². The van der Waals surface area contributed by atoms with Crippen LogP contribution in [0.2, 0.25) is 0 Å². The van der Waals surface area contributed by atoms with E-state index in [-0.39, 0.29) is 6.61 Å². The zero-order chi connectivity index (χ0) is 15.3. The maximum atomic E-state index is 12.1. The van der Waals surface area contributed by atoms with E-state index in [0.29, 0.717) is 5.69 Å². The SMILES string of the molecule is NNC(COCC(F)(F)F)c1ccnn1-c1ccccc1. The van der Waals surface area contributed by atoms with Gasteiger partial charge < -0.3 is 4.74 Å². The van der Waals surface area contributed by atoms with Crippen LogP contribution in [0.1, 0.15) is 11.7 Å². The molecule has 0 bridgehead atoms. The first-order valence-corrected chi connectivity index (χ1v) is 6.21. The molecule has 2 rings (SSSR count). The molecule has 1 heterocycles. The number of hydrogen-bond acceptors (Lipinski definition) is 4. The van der Waals surface area contributed by atoms with Crippen molar-refractivity contribution in [2.75, 3.05) is 13.2 Å². The van der Waals surface area contributed by atoms with E-state index in [1.54, 1.807) is 16.9 Å². The van der Waals surface area contributed by atoms with Crippen molar-refractivity contribution in [3.8, 4) is 5.69 Å². The van der Waals surface area contributed by atoms with E-state index in [4.69, 9.17) is 5.84 Å². The average molecular weight is 300 g/mol. The van der Waals surface area contributed by atoms with Crippen LogP contribution in [-0.2, 0) is 4.74 Å². The fraction of sp³-hybridized carbons (Fsp3) is 0.308. The van der Waals surface area contributed by atoms with Gasteiger partial charge in [-0.05, 0) is 18.2 Å². The number of hydrazine groups is 1. The molecule has 2 aromatic rings. The minimum Gasteiger partial charge on any atom is -0.370 e. The zero-order valence-corrected chi connectivity index (χ0v) is 11.0. The Morgan fingerprint density at radius 2 is 1.95 bits per heavy atom. The Labute approximate surface area is 119 Å². The van der Waals surface area contributed by atoms with Gasteiger partial charge in [0.2, 0.25) is 0 Å². The van der Waals surface area contributed by atoms with Crippen LogP contribution in [0.15, 0.2) is 42.6 Å². The van der Waals surface area contributed by atoms with Crippen molar-refractivity contribution in [1.82, 2.24) is 15.2 Å². The first-order valence-electron chi connectivity index (χ1n) is 6.21. The molecule has 21 heavy (non-hydrogen) atoms. The highest BCUT2D eigenvalue weighted by atomic mass is 19.4. The van der Waals surface area contributed by atoms with Crippen molar-refractivity contribution in [3.05, 3.63) is 48.3 Å². The predicted octanol–water partition coefficient (Wildman–Crippen LogP) is 1.96. The highest BCUT2D eigenvalue weighted by Crippen LogP contribution is 2.19. The summed E-state index contributed by atoms with van der Waals surface area (Å²) in [6.07, 6.45) is -2.81. The summed E-state index contributed by atoms with van der Waals surface area (Å²) < 4.78 is 42.6. The second kappa shape index (κ2) is 6.70. The third-order valence-corrected chi connectivity index (χ3v) is 2.78. The molecule has 1 aromatic carbocycles. The molecule has 1 atom stereocenters. The third kappa shape index (κ3) is 4.28. The second-order valence-corrected chi connectivity index (χ2v) is 4.35. The zero-order valence-electron chi connectivity index (χ0n) is 11.0. The van der Waals surface area contributed by atoms with Crippen molar-refractivity contribution in [2.24, 2.45) is 5.84 Å². The molecule has 0 aliphatic heterocycles. The quantitative estimate of drug-likeness (QED) is 0.632. The van der Waals surface area contributed by atoms with E-state index in [0.717, 1.165) is 5.69 Å². The molecule has 0 aliphatic rings. The molecule has 114 valence electrons. The molecular weight excluding hydrogens is 285 g/mol. The number of halogens is 3. The van der Waals surface area contributed by atoms with Crippen molar-refractivity contribution in [3.63, 3.8) is 0 Å². The largest absolute Gasteiger partial charge is 0.411 e. The monoisotopic (exact) mass is 300 g/mol. The number of hydrogen-bond donors (Lipinski definition) is 2. The van der Waals surface area contributed by atoms with Gasteiger partial charge in [-0.25, -0.2) is 10.1 Å². The van der Waals surface area contributed by atoms with Crippen LogP contribution in [0.4, 0.5) is 13.2 Å². The molecule has 0 saturated heterocycles. The molecule has 1 aromatic heterocycles. The first kappa shape index (κ1) is 15.5. The van der Waals surface area contributed by atoms with Gasteiger partial charge in [0, 0.05) is 6.20 Å². The first-order chi connectivity index (χ1) is 10.0. The number of benzene rings is 1. The van der Waals surface area contributed by atoms with E-state index in [9.17, 15) is 13.2 Å². The van der Waals surface area contributed by atoms with Gasteiger partial charge in [-0.1, -0.05) is 18.2 Å². The van der Waals surface area contributed by atoms with Crippen molar-refractivity contribution in [1.29, 1.82) is 0 Å². The molecule has 5 nitrogen and oxygen atoms in total. The van der Waals surface area contributed by atoms with Crippen LogP contribution in [0.3, 0.4) is 0 Å². The number of ether oxygens (including phenoxy) is 1. The number of para-hydroxylation sites is 1. The van der Waals surface area contributed by atoms with Gasteiger partial charge >= 0.3 is 6.18 Å². The summed E-state index contributed by atoms with van der Waals surface area (Å²) in [5.41, 5.74) is 3.85. The van der Waals surface area contributed by atoms with Gasteiger partial charge in [-0.3, -0.25) is 5.84 Å². The molecule has 0 fully saturated rings. The minimum absolute atomic E-state index is 0.214. The van der Waals surface area contributed by atoms with E-state index in [1.807, 2.05) is 30.3 Å². The number of alkyl halides is 3. The maximum Gasteiger partial charge on any atom is 0.411 e. The van der Waals surface area contributed by atoms with Crippen LogP contribution >= 0.6 is 0 Å². The Bertz CT molecular complexity index is 556. The summed E-state index contributed by atoms with van der Waals surface area (Å²) in [5, 5.41) is 4.16. The van der Waals surface area contributed by atoms with E-state index >= 15 is 0 Å². The van der Waals surface area contributed by atoms with Crippen LogP contribution < -0.4 is 11.3 Å². The lowest BCUT2D eigenvalue weighted by Gasteiger charge is -2.18. The Morgan fingerprint density at radius 1 is 1.24 bits per heavy atom. The smallest absolute Gasteiger partial charge is 0.370 e. The van der Waals surface area contributed by atoms with Gasteiger partial charge in [0.05, 0.1) is 24.0 Å². The lowest BCUT2D eigenvalue weighted by molar-refractivity contribution is -0.175. The number of nitrogens with one attached hydrogen (secondary N) is 1. The summed E-state index contributed by atoms with van der Waals surface area (Å²) in [5.74, 6) is 5.41. The molecule has 1 unspecified atom stereocenters. The topological polar surface area (TPSA) is 65.1 Å². The molecule has 0 radical (unpaired) electrons. The number of nitrogens with two attached hydrogens (primary N) is 1. The van der Waals surface area contributed by atoms with Crippen LogP contribution in [0.5, 0.6) is 0 Å². The molecule has 0 spiro atoms. The van der Waals surface area contributed by atoms with Crippen molar-refractivity contribution >= 4 is 0 Å².